The summed E-state index contributed by atoms with van der Waals surface area (Å²) in [5.74, 6) is -0.466. The molecule has 5 nitrogen and oxygen atoms in total. The summed E-state index contributed by atoms with van der Waals surface area (Å²) in [6.07, 6.45) is 2.01. The van der Waals surface area contributed by atoms with Gasteiger partial charge in [0.15, 0.2) is 0 Å². The number of amides is 3. The molecule has 1 aliphatic heterocycles. The summed E-state index contributed by atoms with van der Waals surface area (Å²) >= 11 is 0. The Morgan fingerprint density at radius 2 is 1.95 bits per heavy atom. The number of nitrogens with one attached hydrogen (secondary N) is 2. The highest BCUT2D eigenvalue weighted by molar-refractivity contribution is 5.93. The summed E-state index contributed by atoms with van der Waals surface area (Å²) in [7, 11) is 0. The van der Waals surface area contributed by atoms with Gasteiger partial charge in [0.25, 0.3) is 0 Å². The molecule has 1 aromatic rings. The van der Waals surface area contributed by atoms with Gasteiger partial charge in [-0.2, -0.15) is 0 Å². The predicted molar refractivity (Wildman–Crippen MR) is 78.6 cm³/mol. The molecule has 2 rings (SSSR count). The van der Waals surface area contributed by atoms with E-state index in [1.54, 1.807) is 30.9 Å². The van der Waals surface area contributed by atoms with Crippen molar-refractivity contribution in [3.8, 4) is 0 Å². The molecule has 0 unspecified atom stereocenters. The first-order valence-electron chi connectivity index (χ1n) is 7.10. The van der Waals surface area contributed by atoms with Crippen LogP contribution in [0.3, 0.4) is 0 Å². The van der Waals surface area contributed by atoms with Crippen LogP contribution in [0.1, 0.15) is 25.3 Å². The SMILES string of the molecule is Cc1ccc(NC(=O)N[C@H](C)C(=O)N2CCCC2)cc1F. The molecule has 2 N–H and O–H groups in total. The lowest BCUT2D eigenvalue weighted by Crippen LogP contribution is -2.47. The van der Waals surface area contributed by atoms with Crippen molar-refractivity contribution >= 4 is 17.6 Å². The van der Waals surface area contributed by atoms with Crippen molar-refractivity contribution in [2.45, 2.75) is 32.7 Å². The van der Waals surface area contributed by atoms with Gasteiger partial charge in [0.05, 0.1) is 0 Å². The smallest absolute Gasteiger partial charge is 0.319 e. The zero-order valence-corrected chi connectivity index (χ0v) is 12.3. The van der Waals surface area contributed by atoms with Crippen LogP contribution in [0.5, 0.6) is 0 Å². The van der Waals surface area contributed by atoms with Gasteiger partial charge in [0.1, 0.15) is 11.9 Å². The van der Waals surface area contributed by atoms with Crippen molar-refractivity contribution in [3.05, 3.63) is 29.6 Å². The van der Waals surface area contributed by atoms with Gasteiger partial charge in [0, 0.05) is 18.8 Å². The van der Waals surface area contributed by atoms with Gasteiger partial charge in [-0.3, -0.25) is 4.79 Å². The number of likely N-dealkylation sites (tertiary alicyclic amines) is 1. The van der Waals surface area contributed by atoms with E-state index in [1.807, 2.05) is 0 Å². The van der Waals surface area contributed by atoms with Crippen molar-refractivity contribution in [1.29, 1.82) is 0 Å². The Labute approximate surface area is 123 Å². The summed E-state index contributed by atoms with van der Waals surface area (Å²) in [6.45, 7) is 4.79. The lowest BCUT2D eigenvalue weighted by atomic mass is 10.2. The standard InChI is InChI=1S/C15H20FN3O2/c1-10-5-6-12(9-13(10)16)18-15(21)17-11(2)14(20)19-7-3-4-8-19/h5-6,9,11H,3-4,7-8H2,1-2H3,(H2,17,18,21)/t11-/m1/s1. The fraction of sp³-hybridized carbons (Fsp3) is 0.467. The first-order chi connectivity index (χ1) is 9.97. The highest BCUT2D eigenvalue weighted by Gasteiger charge is 2.24. The lowest BCUT2D eigenvalue weighted by molar-refractivity contribution is -0.131. The van der Waals surface area contributed by atoms with Gasteiger partial charge in [-0.25, -0.2) is 9.18 Å². The molecule has 21 heavy (non-hydrogen) atoms. The van der Waals surface area contributed by atoms with Crippen LogP contribution in [-0.2, 0) is 4.79 Å². The van der Waals surface area contributed by atoms with E-state index in [0.29, 0.717) is 11.3 Å². The summed E-state index contributed by atoms with van der Waals surface area (Å²) < 4.78 is 13.4. The van der Waals surface area contributed by atoms with E-state index in [9.17, 15) is 14.0 Å². The molecule has 1 fully saturated rings. The summed E-state index contributed by atoms with van der Waals surface area (Å²) in [5, 5.41) is 5.10. The third-order valence-electron chi connectivity index (χ3n) is 3.57. The zero-order valence-electron chi connectivity index (χ0n) is 12.3. The summed E-state index contributed by atoms with van der Waals surface area (Å²) in [4.78, 5) is 25.6. The Bertz CT molecular complexity index is 542. The second-order valence-electron chi connectivity index (χ2n) is 5.32. The van der Waals surface area contributed by atoms with Crippen molar-refractivity contribution < 1.29 is 14.0 Å². The number of anilines is 1. The van der Waals surface area contributed by atoms with Gasteiger partial charge < -0.3 is 15.5 Å². The molecule has 1 heterocycles. The minimum absolute atomic E-state index is 0.0854. The Morgan fingerprint density at radius 3 is 2.57 bits per heavy atom. The molecule has 0 aliphatic carbocycles. The predicted octanol–water partition coefficient (Wildman–Crippen LogP) is 2.27. The largest absolute Gasteiger partial charge is 0.341 e. The highest BCUT2D eigenvalue weighted by Crippen LogP contribution is 2.13. The maximum atomic E-state index is 13.4. The first kappa shape index (κ1) is 15.3. The highest BCUT2D eigenvalue weighted by atomic mass is 19.1. The van der Waals surface area contributed by atoms with E-state index < -0.39 is 12.1 Å². The number of benzene rings is 1. The molecule has 0 spiro atoms. The van der Waals surface area contributed by atoms with Gasteiger partial charge in [-0.15, -0.1) is 0 Å². The number of urea groups is 1. The number of aryl methyl sites for hydroxylation is 1. The second kappa shape index (κ2) is 6.56. The van der Waals surface area contributed by atoms with Crippen molar-refractivity contribution in [2.24, 2.45) is 0 Å². The molecule has 0 saturated carbocycles. The van der Waals surface area contributed by atoms with Gasteiger partial charge in [0.2, 0.25) is 5.91 Å². The number of rotatable bonds is 3. The Morgan fingerprint density at radius 1 is 1.29 bits per heavy atom. The topological polar surface area (TPSA) is 61.4 Å². The van der Waals surface area contributed by atoms with E-state index in [1.165, 1.54) is 6.07 Å². The van der Waals surface area contributed by atoms with Gasteiger partial charge in [-0.1, -0.05) is 6.07 Å². The number of nitrogens with zero attached hydrogens (tertiary/aromatic N) is 1. The van der Waals surface area contributed by atoms with Crippen LogP contribution in [0.2, 0.25) is 0 Å². The molecular weight excluding hydrogens is 273 g/mol. The van der Waals surface area contributed by atoms with Gasteiger partial charge >= 0.3 is 6.03 Å². The lowest BCUT2D eigenvalue weighted by Gasteiger charge is -2.21. The molecule has 0 aromatic heterocycles. The van der Waals surface area contributed by atoms with Crippen LogP contribution >= 0.6 is 0 Å². The number of hydrogen-bond acceptors (Lipinski definition) is 2. The number of carbonyl (C=O) groups is 2. The minimum atomic E-state index is -0.599. The molecule has 1 atom stereocenters. The van der Waals surface area contributed by atoms with E-state index >= 15 is 0 Å². The average Bonchev–Trinajstić information content (AvgIpc) is 2.96. The van der Waals surface area contributed by atoms with Crippen LogP contribution in [0, 0.1) is 12.7 Å². The molecule has 1 aromatic carbocycles. The van der Waals surface area contributed by atoms with Crippen LogP contribution < -0.4 is 10.6 Å². The van der Waals surface area contributed by atoms with Crippen molar-refractivity contribution in [1.82, 2.24) is 10.2 Å². The van der Waals surface area contributed by atoms with E-state index in [-0.39, 0.29) is 11.7 Å². The molecule has 3 amide bonds. The molecule has 1 aliphatic rings. The number of halogens is 1. The number of carbonyl (C=O) groups excluding carboxylic acids is 2. The zero-order chi connectivity index (χ0) is 15.4. The summed E-state index contributed by atoms with van der Waals surface area (Å²) in [6, 6.07) is 3.34. The molecule has 6 heteroatoms. The first-order valence-corrected chi connectivity index (χ1v) is 7.10. The molecular formula is C15H20FN3O2. The second-order valence-corrected chi connectivity index (χ2v) is 5.32. The molecule has 1 saturated heterocycles. The van der Waals surface area contributed by atoms with Crippen LogP contribution in [-0.4, -0.2) is 36.0 Å². The third kappa shape index (κ3) is 3.93. The summed E-state index contributed by atoms with van der Waals surface area (Å²) in [5.41, 5.74) is 0.870. The maximum absolute atomic E-state index is 13.4. The Balaban J connectivity index is 1.88. The molecule has 114 valence electrons. The maximum Gasteiger partial charge on any atom is 0.319 e. The Hall–Kier alpha value is -2.11. The number of hydrogen-bond donors (Lipinski definition) is 2. The van der Waals surface area contributed by atoms with E-state index in [2.05, 4.69) is 10.6 Å². The normalized spacial score (nSPS) is 15.7. The Kier molecular flexibility index (Phi) is 4.77. The van der Waals surface area contributed by atoms with Gasteiger partial charge in [-0.05, 0) is 44.4 Å². The van der Waals surface area contributed by atoms with Crippen LogP contribution in [0.4, 0.5) is 14.9 Å². The van der Waals surface area contributed by atoms with Crippen molar-refractivity contribution in [3.63, 3.8) is 0 Å². The van der Waals surface area contributed by atoms with E-state index in [0.717, 1.165) is 25.9 Å². The molecule has 0 bridgehead atoms. The quantitative estimate of drug-likeness (QED) is 0.898. The van der Waals surface area contributed by atoms with Crippen LogP contribution in [0.15, 0.2) is 18.2 Å². The van der Waals surface area contributed by atoms with E-state index in [4.69, 9.17) is 0 Å². The monoisotopic (exact) mass is 293 g/mol. The third-order valence-corrected chi connectivity index (χ3v) is 3.57. The van der Waals surface area contributed by atoms with Crippen LogP contribution in [0.25, 0.3) is 0 Å². The fourth-order valence-electron chi connectivity index (χ4n) is 2.31. The van der Waals surface area contributed by atoms with Crippen molar-refractivity contribution in [2.75, 3.05) is 18.4 Å². The average molecular weight is 293 g/mol. The molecule has 0 radical (unpaired) electrons. The minimum Gasteiger partial charge on any atom is -0.341 e. The fourth-order valence-corrected chi connectivity index (χ4v) is 2.31.